The van der Waals surface area contributed by atoms with Crippen LogP contribution < -0.4 is 5.32 Å². The van der Waals surface area contributed by atoms with Crippen molar-refractivity contribution in [1.29, 1.82) is 0 Å². The van der Waals surface area contributed by atoms with Gasteiger partial charge in [0.25, 0.3) is 5.91 Å². The van der Waals surface area contributed by atoms with E-state index in [0.29, 0.717) is 18.5 Å². The zero-order chi connectivity index (χ0) is 22.1. The summed E-state index contributed by atoms with van der Waals surface area (Å²) in [5.74, 6) is -1.27. The van der Waals surface area contributed by atoms with Crippen LogP contribution in [0.5, 0.6) is 0 Å². The first kappa shape index (κ1) is 22.7. The Balaban J connectivity index is 1.65. The van der Waals surface area contributed by atoms with Crippen LogP contribution in [-0.2, 0) is 16.0 Å². The monoisotopic (exact) mass is 420 g/mol. The Morgan fingerprint density at radius 1 is 0.968 bits per heavy atom. The van der Waals surface area contributed by atoms with Crippen LogP contribution in [0, 0.1) is 0 Å². The van der Waals surface area contributed by atoms with Crippen molar-refractivity contribution in [3.8, 4) is 0 Å². The first-order valence-electron chi connectivity index (χ1n) is 11.3. The molecular weight excluding hydrogens is 388 g/mol. The highest BCUT2D eigenvalue weighted by atomic mass is 16.2. The number of hydrogen-bond acceptors (Lipinski definition) is 3. The zero-order valence-electron chi connectivity index (χ0n) is 18.3. The van der Waals surface area contributed by atoms with Gasteiger partial charge in [0, 0.05) is 18.2 Å². The molecule has 0 bridgehead atoms. The number of hydrogen-bond donors (Lipinski definition) is 1. The third-order valence-corrected chi connectivity index (χ3v) is 5.90. The number of ketones is 1. The molecule has 1 heterocycles. The van der Waals surface area contributed by atoms with Crippen LogP contribution >= 0.6 is 0 Å². The Morgan fingerprint density at radius 3 is 2.32 bits per heavy atom. The van der Waals surface area contributed by atoms with Gasteiger partial charge in [-0.3, -0.25) is 14.4 Å². The number of nitrogens with one attached hydrogen (secondary N) is 1. The number of likely N-dealkylation sites (tertiary alicyclic amines) is 1. The molecule has 0 radical (unpaired) electrons. The fourth-order valence-electron chi connectivity index (χ4n) is 4.21. The SMILES string of the molecule is CCC[C@H](CCc1ccccc1)NC(=O)[C@@H]1CCCCN1C(=O)C(=O)c1ccccc1. The van der Waals surface area contributed by atoms with E-state index in [4.69, 9.17) is 0 Å². The van der Waals surface area contributed by atoms with Gasteiger partial charge < -0.3 is 10.2 Å². The number of rotatable bonds is 9. The smallest absolute Gasteiger partial charge is 0.295 e. The molecule has 1 aliphatic heterocycles. The van der Waals surface area contributed by atoms with E-state index in [1.54, 1.807) is 24.3 Å². The lowest BCUT2D eigenvalue weighted by Crippen LogP contribution is -2.55. The summed E-state index contributed by atoms with van der Waals surface area (Å²) < 4.78 is 0. The molecular formula is C26H32N2O3. The van der Waals surface area contributed by atoms with E-state index in [9.17, 15) is 14.4 Å². The number of piperidine rings is 1. The molecule has 1 aliphatic rings. The van der Waals surface area contributed by atoms with Gasteiger partial charge >= 0.3 is 0 Å². The predicted molar refractivity (Wildman–Crippen MR) is 122 cm³/mol. The van der Waals surface area contributed by atoms with Crippen molar-refractivity contribution in [1.82, 2.24) is 10.2 Å². The zero-order valence-corrected chi connectivity index (χ0v) is 18.3. The molecule has 1 N–H and O–H groups in total. The summed E-state index contributed by atoms with van der Waals surface area (Å²) in [6, 6.07) is 18.3. The fourth-order valence-corrected chi connectivity index (χ4v) is 4.21. The Hall–Kier alpha value is -2.95. The Morgan fingerprint density at radius 2 is 1.65 bits per heavy atom. The summed E-state index contributed by atoms with van der Waals surface area (Å²) in [5.41, 5.74) is 1.62. The van der Waals surface area contributed by atoms with Gasteiger partial charge in [0.05, 0.1) is 0 Å². The lowest BCUT2D eigenvalue weighted by molar-refractivity contribution is -0.139. The van der Waals surface area contributed by atoms with E-state index in [2.05, 4.69) is 24.4 Å². The van der Waals surface area contributed by atoms with Gasteiger partial charge in [0.1, 0.15) is 6.04 Å². The maximum atomic E-state index is 13.2. The Labute approximate surface area is 184 Å². The number of nitrogens with zero attached hydrogens (tertiary/aromatic N) is 1. The molecule has 0 saturated carbocycles. The van der Waals surface area contributed by atoms with Crippen LogP contribution in [0.1, 0.15) is 61.4 Å². The standard InChI is InChI=1S/C26H32N2O3/c1-2-11-22(18-17-20-12-5-3-6-13-20)27-25(30)23-16-9-10-19-28(23)26(31)24(29)21-14-7-4-8-15-21/h3-8,12-15,22-23H,2,9-11,16-19H2,1H3,(H,27,30)/t22-,23+/m1/s1. The minimum atomic E-state index is -0.581. The summed E-state index contributed by atoms with van der Waals surface area (Å²) >= 11 is 0. The molecule has 0 aliphatic carbocycles. The van der Waals surface area contributed by atoms with Crippen molar-refractivity contribution in [2.45, 2.75) is 64.0 Å². The molecule has 31 heavy (non-hydrogen) atoms. The maximum Gasteiger partial charge on any atom is 0.295 e. The maximum absolute atomic E-state index is 13.2. The van der Waals surface area contributed by atoms with E-state index in [1.165, 1.54) is 10.5 Å². The second-order valence-electron chi connectivity index (χ2n) is 8.22. The van der Waals surface area contributed by atoms with E-state index in [0.717, 1.165) is 38.5 Å². The van der Waals surface area contributed by atoms with Crippen LogP contribution in [0.2, 0.25) is 0 Å². The first-order chi connectivity index (χ1) is 15.1. The molecule has 2 amide bonds. The first-order valence-corrected chi connectivity index (χ1v) is 11.3. The lowest BCUT2D eigenvalue weighted by Gasteiger charge is -2.35. The summed E-state index contributed by atoms with van der Waals surface area (Å²) in [6.07, 6.45) is 5.89. The van der Waals surface area contributed by atoms with Gasteiger partial charge in [0.2, 0.25) is 11.7 Å². The normalized spacial score (nSPS) is 17.1. The van der Waals surface area contributed by atoms with Gasteiger partial charge in [0.15, 0.2) is 0 Å². The molecule has 3 rings (SSSR count). The average Bonchev–Trinajstić information content (AvgIpc) is 2.83. The van der Waals surface area contributed by atoms with Crippen molar-refractivity contribution in [3.05, 3.63) is 71.8 Å². The van der Waals surface area contributed by atoms with E-state index < -0.39 is 17.7 Å². The summed E-state index contributed by atoms with van der Waals surface area (Å²) in [4.78, 5) is 40.2. The van der Waals surface area contributed by atoms with Crippen LogP contribution in [0.4, 0.5) is 0 Å². The van der Waals surface area contributed by atoms with Crippen LogP contribution in [-0.4, -0.2) is 41.1 Å². The number of carbonyl (C=O) groups excluding carboxylic acids is 3. The lowest BCUT2D eigenvalue weighted by atomic mass is 9.97. The van der Waals surface area contributed by atoms with Crippen molar-refractivity contribution in [2.24, 2.45) is 0 Å². The minimum Gasteiger partial charge on any atom is -0.352 e. The third kappa shape index (κ3) is 6.27. The van der Waals surface area contributed by atoms with Gasteiger partial charge in [-0.2, -0.15) is 0 Å². The van der Waals surface area contributed by atoms with E-state index in [-0.39, 0.29) is 11.9 Å². The number of Topliss-reactive ketones (excluding diaryl/α,β-unsaturated/α-hetero) is 1. The van der Waals surface area contributed by atoms with Crippen molar-refractivity contribution < 1.29 is 14.4 Å². The van der Waals surface area contributed by atoms with Gasteiger partial charge in [-0.05, 0) is 44.1 Å². The Bertz CT molecular complexity index is 867. The van der Waals surface area contributed by atoms with Crippen molar-refractivity contribution >= 4 is 17.6 Å². The summed E-state index contributed by atoms with van der Waals surface area (Å²) in [6.45, 7) is 2.55. The molecule has 2 aromatic carbocycles. The average molecular weight is 421 g/mol. The highest BCUT2D eigenvalue weighted by molar-refractivity contribution is 6.43. The number of benzene rings is 2. The van der Waals surface area contributed by atoms with Crippen molar-refractivity contribution in [2.75, 3.05) is 6.54 Å². The highest BCUT2D eigenvalue weighted by Crippen LogP contribution is 2.20. The number of aryl methyl sites for hydroxylation is 1. The molecule has 1 saturated heterocycles. The van der Waals surface area contributed by atoms with Gasteiger partial charge in [-0.1, -0.05) is 74.0 Å². The van der Waals surface area contributed by atoms with Gasteiger partial charge in [-0.15, -0.1) is 0 Å². The molecule has 2 aromatic rings. The highest BCUT2D eigenvalue weighted by Gasteiger charge is 2.35. The minimum absolute atomic E-state index is 0.0569. The summed E-state index contributed by atoms with van der Waals surface area (Å²) in [5, 5.41) is 3.18. The number of carbonyl (C=O) groups is 3. The van der Waals surface area contributed by atoms with Crippen LogP contribution in [0.25, 0.3) is 0 Å². The molecule has 0 unspecified atom stereocenters. The molecule has 5 nitrogen and oxygen atoms in total. The second-order valence-corrected chi connectivity index (χ2v) is 8.22. The third-order valence-electron chi connectivity index (χ3n) is 5.90. The van der Waals surface area contributed by atoms with Crippen LogP contribution in [0.15, 0.2) is 60.7 Å². The molecule has 164 valence electrons. The molecule has 0 aromatic heterocycles. The summed E-state index contributed by atoms with van der Waals surface area (Å²) in [7, 11) is 0. The van der Waals surface area contributed by atoms with E-state index >= 15 is 0 Å². The van der Waals surface area contributed by atoms with Gasteiger partial charge in [-0.25, -0.2) is 0 Å². The molecule has 5 heteroatoms. The van der Waals surface area contributed by atoms with Crippen LogP contribution in [0.3, 0.4) is 0 Å². The van der Waals surface area contributed by atoms with Crippen molar-refractivity contribution in [3.63, 3.8) is 0 Å². The predicted octanol–water partition coefficient (Wildman–Crippen LogP) is 4.17. The quantitative estimate of drug-likeness (QED) is 0.489. The topological polar surface area (TPSA) is 66.5 Å². The second kappa shape index (κ2) is 11.4. The molecule has 2 atom stereocenters. The molecule has 0 spiro atoms. The number of amides is 2. The largest absolute Gasteiger partial charge is 0.352 e. The molecule has 1 fully saturated rings. The van der Waals surface area contributed by atoms with E-state index in [1.807, 2.05) is 24.3 Å². The Kier molecular flexibility index (Phi) is 8.39. The fraction of sp³-hybridized carbons (Fsp3) is 0.423.